The lowest BCUT2D eigenvalue weighted by atomic mass is 9.99. The summed E-state index contributed by atoms with van der Waals surface area (Å²) in [5.74, 6) is 0.445. The molecular formula is C23H19BrN2O3S. The van der Waals surface area contributed by atoms with E-state index in [1.54, 1.807) is 18.5 Å². The number of amides is 1. The van der Waals surface area contributed by atoms with Crippen molar-refractivity contribution in [2.24, 2.45) is 0 Å². The molecule has 5 nitrogen and oxygen atoms in total. The number of nitrogens with one attached hydrogen (secondary N) is 1. The highest BCUT2D eigenvalue weighted by atomic mass is 79.9. The summed E-state index contributed by atoms with van der Waals surface area (Å²) in [6.45, 7) is 4.33. The number of furan rings is 1. The largest absolute Gasteiger partial charge is 0.493 e. The van der Waals surface area contributed by atoms with Crippen molar-refractivity contribution in [2.45, 2.75) is 13.8 Å². The molecule has 0 unspecified atom stereocenters. The molecule has 1 N–H and O–H groups in total. The van der Waals surface area contributed by atoms with Crippen LogP contribution in [-0.4, -0.2) is 17.5 Å². The van der Waals surface area contributed by atoms with Crippen LogP contribution in [0.2, 0.25) is 0 Å². The number of hydrogen-bond donors (Lipinski definition) is 1. The molecule has 152 valence electrons. The van der Waals surface area contributed by atoms with Gasteiger partial charge in [0.25, 0.3) is 0 Å². The van der Waals surface area contributed by atoms with Crippen LogP contribution < -0.4 is 10.1 Å². The van der Waals surface area contributed by atoms with Gasteiger partial charge in [-0.05, 0) is 43.2 Å². The Hall–Kier alpha value is -2.90. The zero-order chi connectivity index (χ0) is 21.1. The molecule has 4 aromatic rings. The number of carbonyl (C=O) groups excluding carboxylic acids is 1. The van der Waals surface area contributed by atoms with E-state index >= 15 is 0 Å². The molecule has 0 spiro atoms. The van der Waals surface area contributed by atoms with E-state index in [0.29, 0.717) is 17.5 Å². The van der Waals surface area contributed by atoms with Crippen LogP contribution in [0.15, 0.2) is 69.2 Å². The van der Waals surface area contributed by atoms with Crippen molar-refractivity contribution in [3.05, 3.63) is 70.4 Å². The highest BCUT2D eigenvalue weighted by Gasteiger charge is 2.15. The number of anilines is 1. The molecule has 0 aliphatic heterocycles. The fourth-order valence-corrected chi connectivity index (χ4v) is 4.15. The normalized spacial score (nSPS) is 11.6. The standard InChI is InChI=1S/C23H19BrN2O3S/c1-3-28-20-12-21-18(19(13-29-21)15-5-4-6-16(24)10-15)11-17(20)14(2)9-22(27)26-23-25-7-8-30-23/h4-13H,3H2,1-2H3,(H,25,26,27)/b14-9+. The Morgan fingerprint density at radius 3 is 2.93 bits per heavy atom. The van der Waals surface area contributed by atoms with E-state index < -0.39 is 0 Å². The summed E-state index contributed by atoms with van der Waals surface area (Å²) in [7, 11) is 0. The summed E-state index contributed by atoms with van der Waals surface area (Å²) in [6, 6.07) is 12.0. The van der Waals surface area contributed by atoms with Gasteiger partial charge in [0.15, 0.2) is 5.13 Å². The van der Waals surface area contributed by atoms with Crippen LogP contribution in [0.1, 0.15) is 19.4 Å². The van der Waals surface area contributed by atoms with Crippen LogP contribution in [0, 0.1) is 0 Å². The molecule has 1 amide bonds. The minimum atomic E-state index is -0.232. The molecule has 2 aromatic heterocycles. The second-order valence-corrected chi connectivity index (χ2v) is 8.40. The summed E-state index contributed by atoms with van der Waals surface area (Å²) in [4.78, 5) is 16.5. The van der Waals surface area contributed by atoms with Crippen molar-refractivity contribution in [3.8, 4) is 16.9 Å². The SMILES string of the molecule is CCOc1cc2occ(-c3cccc(Br)c3)c2cc1/C(C)=C/C(=O)Nc1nccs1. The molecule has 2 aromatic carbocycles. The zero-order valence-electron chi connectivity index (χ0n) is 16.4. The van der Waals surface area contributed by atoms with Crippen molar-refractivity contribution >= 4 is 54.8 Å². The Balaban J connectivity index is 1.76. The van der Waals surface area contributed by atoms with Gasteiger partial charge in [-0.25, -0.2) is 4.98 Å². The molecule has 0 saturated carbocycles. The van der Waals surface area contributed by atoms with Crippen LogP contribution in [0.5, 0.6) is 5.75 Å². The van der Waals surface area contributed by atoms with E-state index in [0.717, 1.165) is 37.7 Å². The lowest BCUT2D eigenvalue weighted by Crippen LogP contribution is -2.08. The van der Waals surface area contributed by atoms with Gasteiger partial charge in [-0.15, -0.1) is 11.3 Å². The molecule has 0 atom stereocenters. The number of rotatable bonds is 6. The monoisotopic (exact) mass is 482 g/mol. The maximum Gasteiger partial charge on any atom is 0.250 e. The van der Waals surface area contributed by atoms with Gasteiger partial charge < -0.3 is 9.15 Å². The number of allylic oxidation sites excluding steroid dienone is 1. The van der Waals surface area contributed by atoms with Crippen molar-refractivity contribution in [2.75, 3.05) is 11.9 Å². The zero-order valence-corrected chi connectivity index (χ0v) is 18.8. The molecule has 0 radical (unpaired) electrons. The van der Waals surface area contributed by atoms with Crippen molar-refractivity contribution in [3.63, 3.8) is 0 Å². The second-order valence-electron chi connectivity index (χ2n) is 6.59. The first kappa shape index (κ1) is 20.4. The predicted octanol–water partition coefficient (Wildman–Crippen LogP) is 6.76. The third-order valence-corrected chi connectivity index (χ3v) is 5.73. The maximum absolute atomic E-state index is 12.4. The topological polar surface area (TPSA) is 64.4 Å². The fraction of sp³-hybridized carbons (Fsp3) is 0.130. The Morgan fingerprint density at radius 2 is 2.20 bits per heavy atom. The molecule has 0 saturated heterocycles. The van der Waals surface area contributed by atoms with Crippen LogP contribution in [-0.2, 0) is 4.79 Å². The molecule has 0 aliphatic rings. The van der Waals surface area contributed by atoms with Crippen molar-refractivity contribution < 1.29 is 13.9 Å². The van der Waals surface area contributed by atoms with Crippen molar-refractivity contribution in [1.29, 1.82) is 0 Å². The van der Waals surface area contributed by atoms with Gasteiger partial charge in [0.05, 0.1) is 12.9 Å². The van der Waals surface area contributed by atoms with Crippen LogP contribution in [0.25, 0.3) is 27.7 Å². The van der Waals surface area contributed by atoms with E-state index in [4.69, 9.17) is 9.15 Å². The lowest BCUT2D eigenvalue weighted by molar-refractivity contribution is -0.111. The summed E-state index contributed by atoms with van der Waals surface area (Å²) in [6.07, 6.45) is 4.96. The number of carbonyl (C=O) groups is 1. The molecule has 30 heavy (non-hydrogen) atoms. The number of benzene rings is 2. The van der Waals surface area contributed by atoms with E-state index in [9.17, 15) is 4.79 Å². The fourth-order valence-electron chi connectivity index (χ4n) is 3.22. The highest BCUT2D eigenvalue weighted by molar-refractivity contribution is 9.10. The molecule has 0 fully saturated rings. The number of fused-ring (bicyclic) bond motifs is 1. The van der Waals surface area contributed by atoms with Gasteiger partial charge in [-0.2, -0.15) is 0 Å². The number of hydrogen-bond acceptors (Lipinski definition) is 5. The minimum absolute atomic E-state index is 0.232. The van der Waals surface area contributed by atoms with Crippen LogP contribution in [0.3, 0.4) is 0 Å². The van der Waals surface area contributed by atoms with Gasteiger partial charge in [0, 0.05) is 44.7 Å². The Morgan fingerprint density at radius 1 is 1.33 bits per heavy atom. The van der Waals surface area contributed by atoms with Crippen LogP contribution >= 0.6 is 27.3 Å². The number of ether oxygens (including phenoxy) is 1. The van der Waals surface area contributed by atoms with E-state index in [2.05, 4.69) is 26.2 Å². The Labute approximate surface area is 186 Å². The van der Waals surface area contributed by atoms with Gasteiger partial charge in [0.1, 0.15) is 11.3 Å². The quantitative estimate of drug-likeness (QED) is 0.308. The molecule has 7 heteroatoms. The second kappa shape index (κ2) is 8.85. The van der Waals surface area contributed by atoms with E-state index in [1.165, 1.54) is 11.3 Å². The lowest BCUT2D eigenvalue weighted by Gasteiger charge is -2.11. The minimum Gasteiger partial charge on any atom is -0.493 e. The molecular weight excluding hydrogens is 464 g/mol. The van der Waals surface area contributed by atoms with Crippen LogP contribution in [0.4, 0.5) is 5.13 Å². The van der Waals surface area contributed by atoms with Crippen molar-refractivity contribution in [1.82, 2.24) is 4.98 Å². The summed E-state index contributed by atoms with van der Waals surface area (Å²) < 4.78 is 12.6. The predicted molar refractivity (Wildman–Crippen MR) is 125 cm³/mol. The van der Waals surface area contributed by atoms with Gasteiger partial charge in [-0.3, -0.25) is 10.1 Å². The molecule has 4 rings (SSSR count). The first-order valence-corrected chi connectivity index (χ1v) is 11.1. The third kappa shape index (κ3) is 4.32. The Kier molecular flexibility index (Phi) is 6.01. The van der Waals surface area contributed by atoms with Gasteiger partial charge in [0.2, 0.25) is 5.91 Å². The Bertz CT molecular complexity index is 1230. The summed E-state index contributed by atoms with van der Waals surface area (Å²) in [5.41, 5.74) is 4.39. The number of thiazole rings is 1. The smallest absolute Gasteiger partial charge is 0.250 e. The third-order valence-electron chi connectivity index (χ3n) is 4.55. The average Bonchev–Trinajstić information content (AvgIpc) is 3.37. The average molecular weight is 483 g/mol. The van der Waals surface area contributed by atoms with Gasteiger partial charge >= 0.3 is 0 Å². The maximum atomic E-state index is 12.4. The van der Waals surface area contributed by atoms with E-state index in [-0.39, 0.29) is 5.91 Å². The summed E-state index contributed by atoms with van der Waals surface area (Å²) >= 11 is 4.90. The summed E-state index contributed by atoms with van der Waals surface area (Å²) in [5, 5.41) is 6.12. The van der Waals surface area contributed by atoms with E-state index in [1.807, 2.05) is 55.6 Å². The van der Waals surface area contributed by atoms with Gasteiger partial charge in [-0.1, -0.05) is 28.1 Å². The highest BCUT2D eigenvalue weighted by Crippen LogP contribution is 2.38. The molecule has 0 aliphatic carbocycles. The first-order valence-electron chi connectivity index (χ1n) is 9.38. The number of nitrogens with zero attached hydrogens (tertiary/aromatic N) is 1. The molecule has 2 heterocycles. The first-order chi connectivity index (χ1) is 14.5. The number of halogens is 1. The molecule has 0 bridgehead atoms. The number of aromatic nitrogens is 1.